The third-order valence-electron chi connectivity index (χ3n) is 8.86. The summed E-state index contributed by atoms with van der Waals surface area (Å²) in [4.78, 5) is 21.5. The molecule has 7 heterocycles. The van der Waals surface area contributed by atoms with E-state index in [-0.39, 0.29) is 12.6 Å². The van der Waals surface area contributed by atoms with E-state index in [2.05, 4.69) is 134 Å². The van der Waals surface area contributed by atoms with Gasteiger partial charge in [-0.25, -0.2) is 14.4 Å². The summed E-state index contributed by atoms with van der Waals surface area (Å²) in [7, 11) is 0. The van der Waals surface area contributed by atoms with Crippen LogP contribution < -0.4 is 31.9 Å². The molecular weight excluding hydrogens is 698 g/mol. The number of halogens is 1. The van der Waals surface area contributed by atoms with Gasteiger partial charge >= 0.3 is 0 Å². The van der Waals surface area contributed by atoms with Gasteiger partial charge in [-0.05, 0) is 79.1 Å². The summed E-state index contributed by atoms with van der Waals surface area (Å²) in [5.74, 6) is 6.20. The topological polar surface area (TPSA) is 165 Å². The molecule has 0 fully saturated rings. The zero-order valence-electron chi connectivity index (χ0n) is 35.6. The van der Waals surface area contributed by atoms with Crippen molar-refractivity contribution in [3.8, 4) is 0 Å². The standard InChI is InChI=1S/C10H16N2.C9H14N2.C7H14FN3.C7H15N3O.C7H15N3/c1-8(2)9-7-12-6-4-3-5-10(12)11-9;1-7(2)8-6-11-5-3-4-9(11)10-8;1-5(2)11-7-9-3-6(8)4-10-7;1-5(2)10-7-8-3-6(11)4-9-7;1-6(2)10-7-8-4-3-5-9-7/h7-8H,3-6H2,1-2H3;6-7H,3-5H2,1-2H3;5-6H,3-4H2,1-2H3,(H2,9,10,11);5-6,11H,3-4H2,1-2H3,(H2,8,9,10);6H,3-5H2,1-2H3,(H2,8,9,10). The highest BCUT2D eigenvalue weighted by Gasteiger charge is 2.16. The van der Waals surface area contributed by atoms with E-state index in [0.717, 1.165) is 31.4 Å². The van der Waals surface area contributed by atoms with Gasteiger partial charge in [0, 0.05) is 76.1 Å². The fourth-order valence-electron chi connectivity index (χ4n) is 5.96. The second-order valence-electron chi connectivity index (χ2n) is 16.2. The number of aliphatic hydroxyl groups is 1. The molecule has 7 N–H and O–H groups in total. The van der Waals surface area contributed by atoms with Gasteiger partial charge in [-0.3, -0.25) is 15.0 Å². The minimum atomic E-state index is -0.826. The first kappa shape index (κ1) is 45.5. The van der Waals surface area contributed by atoms with Crippen LogP contribution in [0.2, 0.25) is 0 Å². The molecule has 0 saturated carbocycles. The number of nitrogens with zero attached hydrogens (tertiary/aromatic N) is 7. The fraction of sp³-hybridized carbons (Fsp3) is 0.775. The van der Waals surface area contributed by atoms with Gasteiger partial charge in [-0.15, -0.1) is 0 Å². The monoisotopic (exact) mass is 772 g/mol. The van der Waals surface area contributed by atoms with Crippen molar-refractivity contribution in [2.75, 3.05) is 39.3 Å². The maximum atomic E-state index is 12.5. The van der Waals surface area contributed by atoms with Gasteiger partial charge in [0.15, 0.2) is 17.9 Å². The lowest BCUT2D eigenvalue weighted by atomic mass is 10.1. The molecule has 55 heavy (non-hydrogen) atoms. The summed E-state index contributed by atoms with van der Waals surface area (Å²) < 4.78 is 17.1. The smallest absolute Gasteiger partial charge is 0.191 e. The third kappa shape index (κ3) is 17.6. The van der Waals surface area contributed by atoms with Crippen molar-refractivity contribution in [1.82, 2.24) is 51.0 Å². The average Bonchev–Trinajstić information content (AvgIpc) is 3.88. The quantitative estimate of drug-likeness (QED) is 0.236. The number of alkyl halides is 1. The second kappa shape index (κ2) is 23.9. The van der Waals surface area contributed by atoms with Crippen LogP contribution in [0.15, 0.2) is 27.4 Å². The molecule has 0 saturated heterocycles. The van der Waals surface area contributed by atoms with E-state index in [1.165, 1.54) is 68.2 Å². The lowest BCUT2D eigenvalue weighted by Gasteiger charge is -2.21. The predicted molar refractivity (Wildman–Crippen MR) is 225 cm³/mol. The largest absolute Gasteiger partial charge is 0.389 e. The molecular formula is C40H74FN13O. The number of rotatable bonds is 5. The van der Waals surface area contributed by atoms with Gasteiger partial charge in [0.25, 0.3) is 0 Å². The Morgan fingerprint density at radius 2 is 1.13 bits per heavy atom. The van der Waals surface area contributed by atoms with Crippen molar-refractivity contribution >= 4 is 17.9 Å². The Morgan fingerprint density at radius 3 is 1.55 bits per heavy atom. The van der Waals surface area contributed by atoms with Crippen LogP contribution in [0.4, 0.5) is 4.39 Å². The van der Waals surface area contributed by atoms with Crippen LogP contribution in [0, 0.1) is 0 Å². The molecule has 0 spiro atoms. The highest BCUT2D eigenvalue weighted by molar-refractivity contribution is 5.81. The molecule has 15 heteroatoms. The van der Waals surface area contributed by atoms with Crippen molar-refractivity contribution in [3.05, 3.63) is 35.4 Å². The van der Waals surface area contributed by atoms with E-state index in [4.69, 9.17) is 5.11 Å². The highest BCUT2D eigenvalue weighted by Crippen LogP contribution is 2.20. The van der Waals surface area contributed by atoms with Crippen molar-refractivity contribution in [3.63, 3.8) is 0 Å². The van der Waals surface area contributed by atoms with E-state index < -0.39 is 6.17 Å². The number of imidazole rings is 2. The van der Waals surface area contributed by atoms with Crippen LogP contribution >= 0.6 is 0 Å². The summed E-state index contributed by atoms with van der Waals surface area (Å²) in [6.45, 7) is 27.3. The molecule has 0 bridgehead atoms. The maximum absolute atomic E-state index is 12.5. The van der Waals surface area contributed by atoms with Crippen LogP contribution in [0.5, 0.6) is 0 Å². The molecule has 2 atom stereocenters. The normalized spacial score (nSPS) is 19.8. The summed E-state index contributed by atoms with van der Waals surface area (Å²) in [6, 6.07) is 1.21. The Morgan fingerprint density at radius 1 is 0.636 bits per heavy atom. The molecule has 312 valence electrons. The third-order valence-corrected chi connectivity index (χ3v) is 8.86. The van der Waals surface area contributed by atoms with Crippen LogP contribution in [-0.2, 0) is 25.9 Å². The summed E-state index contributed by atoms with van der Waals surface area (Å²) in [5.41, 5.74) is 2.51. The summed E-state index contributed by atoms with van der Waals surface area (Å²) >= 11 is 0. The summed E-state index contributed by atoms with van der Waals surface area (Å²) in [6.07, 6.45) is 10.7. The Labute approximate surface area is 330 Å². The predicted octanol–water partition coefficient (Wildman–Crippen LogP) is 4.22. The second-order valence-corrected chi connectivity index (χ2v) is 16.2. The highest BCUT2D eigenvalue weighted by atomic mass is 19.1. The molecule has 2 aromatic heterocycles. The first-order chi connectivity index (χ1) is 26.2. The molecule has 2 unspecified atom stereocenters. The van der Waals surface area contributed by atoms with Crippen LogP contribution in [0.25, 0.3) is 0 Å². The van der Waals surface area contributed by atoms with Crippen molar-refractivity contribution < 1.29 is 9.50 Å². The number of hydrogen-bond acceptors (Lipinski definition) is 12. The number of guanidine groups is 3. The minimum absolute atomic E-state index is 0.280. The number of aliphatic hydroxyl groups excluding tert-OH is 1. The number of aromatic nitrogens is 4. The summed E-state index contributed by atoms with van der Waals surface area (Å²) in [5, 5.41) is 27.5. The molecule has 7 rings (SSSR count). The number of aryl methyl sites for hydroxylation is 4. The van der Waals surface area contributed by atoms with E-state index >= 15 is 0 Å². The Bertz CT molecular complexity index is 1400. The number of β-amino-alcohol motifs (C(OH)–C–C–N with tert-alkyl or cyclic N) is 1. The molecule has 5 aliphatic rings. The van der Waals surface area contributed by atoms with Crippen molar-refractivity contribution in [2.45, 2.75) is 163 Å². The SMILES string of the molecule is CC(C)NC1=NCC(F)CN1.CC(C)NC1=NCC(O)CN1.CC(C)NC1=NCCCN1.CC(C)c1cn2c(n1)CCC2.CC(C)c1cn2c(n1)CCCC2. The fourth-order valence-corrected chi connectivity index (χ4v) is 5.96. The van der Waals surface area contributed by atoms with E-state index in [1.54, 1.807) is 0 Å². The zero-order valence-corrected chi connectivity index (χ0v) is 35.6. The maximum Gasteiger partial charge on any atom is 0.191 e. The number of aliphatic imine (C=N–C) groups is 3. The number of nitrogens with one attached hydrogen (secondary N) is 6. The van der Waals surface area contributed by atoms with Crippen LogP contribution in [-0.4, -0.2) is 112 Å². The minimum Gasteiger partial charge on any atom is -0.389 e. The van der Waals surface area contributed by atoms with Gasteiger partial charge in [0.05, 0.1) is 37.1 Å². The Hall–Kier alpha value is -3.88. The van der Waals surface area contributed by atoms with Gasteiger partial charge in [0.1, 0.15) is 17.8 Å². The molecule has 2 aromatic rings. The van der Waals surface area contributed by atoms with Crippen molar-refractivity contribution in [2.24, 2.45) is 15.0 Å². The van der Waals surface area contributed by atoms with E-state index in [1.807, 2.05) is 13.8 Å². The molecule has 0 aromatic carbocycles. The molecule has 0 amide bonds. The van der Waals surface area contributed by atoms with Gasteiger partial charge in [-0.2, -0.15) is 0 Å². The first-order valence-electron chi connectivity index (χ1n) is 20.8. The lowest BCUT2D eigenvalue weighted by Crippen LogP contribution is -2.48. The molecule has 5 aliphatic heterocycles. The van der Waals surface area contributed by atoms with E-state index in [0.29, 0.717) is 55.6 Å². The van der Waals surface area contributed by atoms with Gasteiger partial charge in [-0.1, -0.05) is 27.7 Å². The van der Waals surface area contributed by atoms with Gasteiger partial charge < -0.3 is 46.1 Å². The zero-order chi connectivity index (χ0) is 40.3. The average molecular weight is 772 g/mol. The first-order valence-corrected chi connectivity index (χ1v) is 20.8. The van der Waals surface area contributed by atoms with Crippen molar-refractivity contribution in [1.29, 1.82) is 0 Å². The Balaban J connectivity index is 0.000000185. The Kier molecular flexibility index (Phi) is 19.8. The lowest BCUT2D eigenvalue weighted by molar-refractivity contribution is 0.180. The van der Waals surface area contributed by atoms with E-state index in [9.17, 15) is 4.39 Å². The van der Waals surface area contributed by atoms with Gasteiger partial charge in [0.2, 0.25) is 0 Å². The molecule has 0 aliphatic carbocycles. The van der Waals surface area contributed by atoms with Crippen LogP contribution in [0.3, 0.4) is 0 Å². The molecule has 14 nitrogen and oxygen atoms in total. The molecule has 0 radical (unpaired) electrons. The van der Waals surface area contributed by atoms with Crippen LogP contribution in [0.1, 0.15) is 130 Å². The number of hydrogen-bond donors (Lipinski definition) is 7. The number of fused-ring (bicyclic) bond motifs is 2.